The smallest absolute Gasteiger partial charge is 0.251 e. The van der Waals surface area contributed by atoms with E-state index in [0.717, 1.165) is 76.6 Å². The number of carbonyl (C=O) groups excluding carboxylic acids is 1. The molecule has 0 radical (unpaired) electrons. The number of amides is 1. The molecule has 0 spiro atoms. The highest BCUT2D eigenvalue weighted by molar-refractivity contribution is 7.17. The zero-order chi connectivity index (χ0) is 48.6. The van der Waals surface area contributed by atoms with E-state index in [-0.39, 0.29) is 24.0 Å². The summed E-state index contributed by atoms with van der Waals surface area (Å²) in [5.74, 6) is 3.29. The van der Waals surface area contributed by atoms with Crippen molar-refractivity contribution >= 4 is 88.0 Å². The van der Waals surface area contributed by atoms with Crippen LogP contribution in [-0.4, -0.2) is 67.2 Å². The Kier molecular flexibility index (Phi) is 14.5. The van der Waals surface area contributed by atoms with Gasteiger partial charge in [0.1, 0.15) is 63.1 Å². The van der Waals surface area contributed by atoms with E-state index in [1.807, 2.05) is 89.5 Å². The van der Waals surface area contributed by atoms with Crippen LogP contribution in [0.25, 0.3) is 42.0 Å². The Balaban J connectivity index is 0.000000131. The van der Waals surface area contributed by atoms with E-state index in [4.69, 9.17) is 0 Å². The first kappa shape index (κ1) is 47.1. The van der Waals surface area contributed by atoms with Gasteiger partial charge in [0.25, 0.3) is 5.91 Å². The Morgan fingerprint density at radius 3 is 1.54 bits per heavy atom. The number of fused-ring (bicyclic) bond motifs is 3. The zero-order valence-electron chi connectivity index (χ0n) is 39.1. The standard InChI is InChI=1S/C18H17N5S.C17H16N6S.C16H16N4OS/c1-12-9-23(11-21-12)15-5-3-14(4-6-15)13(2)22-17-16-7-8-24-18(16)20-10-19-17;1-11(13-3-5-14(6-4-13)23-10-18-9-19-23)20-16-15-7-8-24-17(15)22-12(2)21-16;1-10(11-3-5-12(6-4-11)15(21)17-2)20-14-13-7-8-22-16(13)19-9-18-14/h3-11,13H,1-2H3,(H,19,20,22);3-11H,1-2H3,(H,20,21,22);3-10H,1-2H3,(H,17,21)(H,18,19,20). The van der Waals surface area contributed by atoms with Gasteiger partial charge in [-0.2, -0.15) is 5.10 Å². The SMILES string of the molecule is CNC(=O)c1ccc(C(C)Nc2ncnc3sccc23)cc1.Cc1cn(-c2ccc(C(C)Nc3ncnc4sccc34)cc2)cn1.Cc1nc(NC(C)c2ccc(-n3cncn3)cc2)c2ccsc2n1. The highest BCUT2D eigenvalue weighted by Crippen LogP contribution is 2.30. The maximum atomic E-state index is 11.6. The Hall–Kier alpha value is -8.00. The van der Waals surface area contributed by atoms with Crippen LogP contribution in [0.5, 0.6) is 0 Å². The lowest BCUT2D eigenvalue weighted by Crippen LogP contribution is -2.17. The Morgan fingerprint density at radius 2 is 1.04 bits per heavy atom. The fourth-order valence-corrected chi connectivity index (χ4v) is 9.84. The number of imidazole rings is 1. The van der Waals surface area contributed by atoms with Crippen molar-refractivity contribution in [2.24, 2.45) is 0 Å². The molecule has 0 saturated carbocycles. The topological polar surface area (TPSA) is 191 Å². The molecule has 1 amide bonds. The summed E-state index contributed by atoms with van der Waals surface area (Å²) in [6, 6.07) is 30.8. The number of rotatable bonds is 12. The van der Waals surface area contributed by atoms with E-state index < -0.39 is 0 Å². The molecule has 3 aromatic carbocycles. The van der Waals surface area contributed by atoms with Crippen molar-refractivity contribution in [2.45, 2.75) is 52.7 Å². The highest BCUT2D eigenvalue weighted by atomic mass is 32.1. The summed E-state index contributed by atoms with van der Waals surface area (Å²) in [5.41, 5.74) is 7.24. The molecule has 0 aliphatic heterocycles. The van der Waals surface area contributed by atoms with Crippen LogP contribution in [0.1, 0.15) is 77.5 Å². The molecule has 4 N–H and O–H groups in total. The van der Waals surface area contributed by atoms with Crippen molar-refractivity contribution < 1.29 is 4.79 Å². The lowest BCUT2D eigenvalue weighted by molar-refractivity contribution is 0.0963. The fraction of sp³-hybridized carbons (Fsp3) is 0.176. The maximum absolute atomic E-state index is 11.6. The number of carbonyl (C=O) groups is 1. The third-order valence-electron chi connectivity index (χ3n) is 11.4. The Labute approximate surface area is 416 Å². The molecular formula is C51H49N15OS3. The van der Waals surface area contributed by atoms with Gasteiger partial charge in [0.05, 0.1) is 33.9 Å². The summed E-state index contributed by atoms with van der Waals surface area (Å²) in [7, 11) is 1.63. The number of hydrogen-bond donors (Lipinski definition) is 4. The summed E-state index contributed by atoms with van der Waals surface area (Å²) >= 11 is 4.85. The molecular weight excluding hydrogens is 935 g/mol. The average Bonchev–Trinajstić information content (AvgIpc) is 4.26. The first-order chi connectivity index (χ1) is 34.1. The summed E-state index contributed by atoms with van der Waals surface area (Å²) < 4.78 is 3.76. The summed E-state index contributed by atoms with van der Waals surface area (Å²) in [5, 5.41) is 26.4. The predicted molar refractivity (Wildman–Crippen MR) is 283 cm³/mol. The molecule has 0 fully saturated rings. The van der Waals surface area contributed by atoms with E-state index in [9.17, 15) is 4.79 Å². The molecule has 70 heavy (non-hydrogen) atoms. The van der Waals surface area contributed by atoms with Crippen molar-refractivity contribution in [3.05, 3.63) is 179 Å². The molecule has 0 bridgehead atoms. The lowest BCUT2D eigenvalue weighted by atomic mass is 10.1. The summed E-state index contributed by atoms with van der Waals surface area (Å²) in [6.07, 6.45) is 10.3. The van der Waals surface area contributed by atoms with Crippen molar-refractivity contribution in [1.82, 2.24) is 59.5 Å². The van der Waals surface area contributed by atoms with Gasteiger partial charge in [-0.05, 0) is 122 Å². The predicted octanol–water partition coefficient (Wildman–Crippen LogP) is 11.3. The van der Waals surface area contributed by atoms with Gasteiger partial charge in [0, 0.05) is 42.6 Å². The molecule has 3 atom stereocenters. The second kappa shape index (κ2) is 21.5. The van der Waals surface area contributed by atoms with Gasteiger partial charge in [0.15, 0.2) is 0 Å². The molecule has 0 saturated heterocycles. The highest BCUT2D eigenvalue weighted by Gasteiger charge is 2.14. The van der Waals surface area contributed by atoms with Crippen LogP contribution in [0.15, 0.2) is 145 Å². The second-order valence-corrected chi connectivity index (χ2v) is 18.9. The number of anilines is 3. The maximum Gasteiger partial charge on any atom is 0.251 e. The van der Waals surface area contributed by atoms with Crippen LogP contribution < -0.4 is 21.3 Å². The minimum Gasteiger partial charge on any atom is -0.363 e. The van der Waals surface area contributed by atoms with Gasteiger partial charge >= 0.3 is 0 Å². The number of hydrogen-bond acceptors (Lipinski definition) is 16. The van der Waals surface area contributed by atoms with E-state index in [1.54, 1.807) is 64.7 Å². The molecule has 8 aromatic heterocycles. The van der Waals surface area contributed by atoms with Crippen molar-refractivity contribution in [2.75, 3.05) is 23.0 Å². The minimum absolute atomic E-state index is 0.0803. The van der Waals surface area contributed by atoms with E-state index >= 15 is 0 Å². The van der Waals surface area contributed by atoms with Crippen molar-refractivity contribution in [3.8, 4) is 11.4 Å². The van der Waals surface area contributed by atoms with Gasteiger partial charge < -0.3 is 25.8 Å². The molecule has 0 aliphatic rings. The van der Waals surface area contributed by atoms with Crippen molar-refractivity contribution in [1.29, 1.82) is 0 Å². The average molecular weight is 984 g/mol. The number of nitrogens with one attached hydrogen (secondary N) is 4. The molecule has 16 nitrogen and oxygen atoms in total. The van der Waals surface area contributed by atoms with Crippen LogP contribution >= 0.6 is 34.0 Å². The van der Waals surface area contributed by atoms with Crippen LogP contribution in [0.2, 0.25) is 0 Å². The largest absolute Gasteiger partial charge is 0.363 e. The summed E-state index contributed by atoms with van der Waals surface area (Å²) in [6.45, 7) is 10.2. The fourth-order valence-electron chi connectivity index (χ4n) is 7.57. The number of thiophene rings is 3. The Bertz CT molecular complexity index is 3460. The number of aryl methyl sites for hydroxylation is 2. The van der Waals surface area contributed by atoms with Crippen LogP contribution in [0.4, 0.5) is 17.5 Å². The first-order valence-corrected chi connectivity index (χ1v) is 25.0. The zero-order valence-corrected chi connectivity index (χ0v) is 41.6. The van der Waals surface area contributed by atoms with Gasteiger partial charge in [-0.25, -0.2) is 44.6 Å². The van der Waals surface area contributed by atoms with Gasteiger partial charge in [-0.3, -0.25) is 4.79 Å². The van der Waals surface area contributed by atoms with E-state index in [0.29, 0.717) is 5.56 Å². The molecule has 352 valence electrons. The van der Waals surface area contributed by atoms with Gasteiger partial charge in [0.2, 0.25) is 0 Å². The molecule has 11 rings (SSSR count). The number of aromatic nitrogens is 11. The van der Waals surface area contributed by atoms with E-state index in [1.165, 1.54) is 17.5 Å². The van der Waals surface area contributed by atoms with Crippen LogP contribution in [-0.2, 0) is 0 Å². The number of nitrogens with zero attached hydrogens (tertiary/aromatic N) is 11. The monoisotopic (exact) mass is 983 g/mol. The quantitative estimate of drug-likeness (QED) is 0.0905. The van der Waals surface area contributed by atoms with Crippen LogP contribution in [0, 0.1) is 13.8 Å². The molecule has 8 heterocycles. The van der Waals surface area contributed by atoms with Crippen molar-refractivity contribution in [3.63, 3.8) is 0 Å². The van der Waals surface area contributed by atoms with Gasteiger partial charge in [-0.15, -0.1) is 34.0 Å². The third-order valence-corrected chi connectivity index (χ3v) is 13.8. The number of benzene rings is 3. The van der Waals surface area contributed by atoms with Gasteiger partial charge in [-0.1, -0.05) is 36.4 Å². The molecule has 11 aromatic rings. The third kappa shape index (κ3) is 11.0. The second-order valence-electron chi connectivity index (χ2n) is 16.2. The first-order valence-electron chi connectivity index (χ1n) is 22.4. The molecule has 19 heteroatoms. The van der Waals surface area contributed by atoms with Crippen LogP contribution in [0.3, 0.4) is 0 Å². The van der Waals surface area contributed by atoms with E-state index in [2.05, 4.69) is 136 Å². The minimum atomic E-state index is -0.0806. The normalized spacial score (nSPS) is 12.3. The lowest BCUT2D eigenvalue weighted by Gasteiger charge is -2.16. The Morgan fingerprint density at radius 1 is 0.543 bits per heavy atom. The summed E-state index contributed by atoms with van der Waals surface area (Å²) in [4.78, 5) is 49.1. The molecule has 0 aliphatic carbocycles. The molecule has 3 unspecified atom stereocenters.